The number of aryl methyl sites for hydroxylation is 1. The number of rotatable bonds is 1. The van der Waals surface area contributed by atoms with Gasteiger partial charge in [0, 0.05) is 11.2 Å². The van der Waals surface area contributed by atoms with E-state index in [9.17, 15) is 0 Å². The minimum absolute atomic E-state index is 0.581. The van der Waals surface area contributed by atoms with E-state index in [0.29, 0.717) is 5.13 Å². The van der Waals surface area contributed by atoms with Crippen LogP contribution in [0.4, 0.5) is 5.13 Å². The van der Waals surface area contributed by atoms with Gasteiger partial charge in [-0.25, -0.2) is 4.98 Å². The first kappa shape index (κ1) is 9.49. The molecule has 0 saturated carbocycles. The maximum Gasteiger partial charge on any atom is 0.180 e. The third-order valence-corrected chi connectivity index (χ3v) is 2.94. The van der Waals surface area contributed by atoms with Gasteiger partial charge < -0.3 is 5.73 Å². The van der Waals surface area contributed by atoms with E-state index in [1.807, 2.05) is 19.1 Å². The number of thiazole rings is 1. The first-order chi connectivity index (χ1) is 6.65. The number of halogens is 1. The van der Waals surface area contributed by atoms with Gasteiger partial charge in [0.1, 0.15) is 0 Å². The lowest BCUT2D eigenvalue weighted by molar-refractivity contribution is 1.42. The fourth-order valence-electron chi connectivity index (χ4n) is 1.30. The van der Waals surface area contributed by atoms with Gasteiger partial charge in [-0.2, -0.15) is 0 Å². The molecule has 2 N–H and O–H groups in total. The van der Waals surface area contributed by atoms with Gasteiger partial charge in [0.05, 0.1) is 4.88 Å². The molecule has 0 unspecified atom stereocenters. The van der Waals surface area contributed by atoms with Crippen LogP contribution >= 0.6 is 22.9 Å². The summed E-state index contributed by atoms with van der Waals surface area (Å²) in [5, 5.41) is 1.32. The first-order valence-corrected chi connectivity index (χ1v) is 5.33. The Bertz CT molecular complexity index is 445. The molecule has 2 nitrogen and oxygen atoms in total. The summed E-state index contributed by atoms with van der Waals surface area (Å²) >= 11 is 7.43. The quantitative estimate of drug-likeness (QED) is 0.807. The molecule has 0 aliphatic carbocycles. The third-order valence-electron chi connectivity index (χ3n) is 1.85. The standard InChI is InChI=1S/C10H9ClN2S/c1-6-2-7(4-8(11)3-6)9-5-13-10(12)14-9/h2-5H,1H3,(H2,12,13). The minimum atomic E-state index is 0.581. The fraction of sp³-hybridized carbons (Fsp3) is 0.100. The van der Waals surface area contributed by atoms with Crippen LogP contribution < -0.4 is 5.73 Å². The zero-order valence-electron chi connectivity index (χ0n) is 7.62. The van der Waals surface area contributed by atoms with E-state index in [2.05, 4.69) is 11.1 Å². The van der Waals surface area contributed by atoms with Crippen LogP contribution in [0.2, 0.25) is 5.02 Å². The van der Waals surface area contributed by atoms with Gasteiger partial charge in [0.15, 0.2) is 5.13 Å². The lowest BCUT2D eigenvalue weighted by Gasteiger charge is -1.99. The minimum Gasteiger partial charge on any atom is -0.375 e. The highest BCUT2D eigenvalue weighted by atomic mass is 35.5. The molecule has 0 amide bonds. The summed E-state index contributed by atoms with van der Waals surface area (Å²) in [6, 6.07) is 5.91. The number of nitrogen functional groups attached to an aromatic ring is 1. The van der Waals surface area contributed by atoms with Crippen molar-refractivity contribution >= 4 is 28.1 Å². The van der Waals surface area contributed by atoms with E-state index in [0.717, 1.165) is 21.0 Å². The van der Waals surface area contributed by atoms with Crippen molar-refractivity contribution in [2.24, 2.45) is 0 Å². The Morgan fingerprint density at radius 2 is 2.14 bits per heavy atom. The molecule has 2 rings (SSSR count). The molecule has 0 spiro atoms. The molecule has 1 heterocycles. The summed E-state index contributed by atoms with van der Waals surface area (Å²) in [4.78, 5) is 5.05. The van der Waals surface area contributed by atoms with Gasteiger partial charge >= 0.3 is 0 Å². The van der Waals surface area contributed by atoms with Gasteiger partial charge in [-0.3, -0.25) is 0 Å². The van der Waals surface area contributed by atoms with Gasteiger partial charge in [-0.05, 0) is 30.2 Å². The van der Waals surface area contributed by atoms with Crippen LogP contribution in [0.1, 0.15) is 5.56 Å². The topological polar surface area (TPSA) is 38.9 Å². The Kier molecular flexibility index (Phi) is 2.44. The Labute approximate surface area is 91.4 Å². The van der Waals surface area contributed by atoms with E-state index in [-0.39, 0.29) is 0 Å². The van der Waals surface area contributed by atoms with Crippen LogP contribution in [0, 0.1) is 6.92 Å². The van der Waals surface area contributed by atoms with Crippen molar-refractivity contribution in [3.63, 3.8) is 0 Å². The molecule has 0 fully saturated rings. The maximum absolute atomic E-state index is 5.96. The van der Waals surface area contributed by atoms with Crippen molar-refractivity contribution in [1.29, 1.82) is 0 Å². The highest BCUT2D eigenvalue weighted by Crippen LogP contribution is 2.29. The molecule has 1 aromatic heterocycles. The Balaban J connectivity index is 2.51. The lowest BCUT2D eigenvalue weighted by Crippen LogP contribution is -1.77. The monoisotopic (exact) mass is 224 g/mol. The number of anilines is 1. The summed E-state index contributed by atoms with van der Waals surface area (Å²) in [6.45, 7) is 2.01. The van der Waals surface area contributed by atoms with Crippen molar-refractivity contribution in [2.75, 3.05) is 5.73 Å². The Morgan fingerprint density at radius 1 is 1.36 bits per heavy atom. The second-order valence-corrected chi connectivity index (χ2v) is 4.58. The molecular formula is C10H9ClN2S. The molecule has 4 heteroatoms. The Morgan fingerprint density at radius 3 is 2.71 bits per heavy atom. The van der Waals surface area contributed by atoms with E-state index in [1.165, 1.54) is 11.3 Å². The Hall–Kier alpha value is -1.06. The molecule has 1 aromatic carbocycles. The molecule has 2 aromatic rings. The summed E-state index contributed by atoms with van der Waals surface area (Å²) in [6.07, 6.45) is 1.77. The number of nitrogens with zero attached hydrogens (tertiary/aromatic N) is 1. The molecule has 0 aliphatic rings. The average Bonchev–Trinajstić information content (AvgIpc) is 2.50. The molecular weight excluding hydrogens is 216 g/mol. The maximum atomic E-state index is 5.96. The SMILES string of the molecule is Cc1cc(Cl)cc(-c2cnc(N)s2)c1. The molecule has 0 aliphatic heterocycles. The predicted octanol–water partition coefficient (Wildman–Crippen LogP) is 3.35. The second-order valence-electron chi connectivity index (χ2n) is 3.08. The predicted molar refractivity (Wildman–Crippen MR) is 61.7 cm³/mol. The summed E-state index contributed by atoms with van der Waals surface area (Å²) in [7, 11) is 0. The van der Waals surface area contributed by atoms with E-state index in [1.54, 1.807) is 6.20 Å². The lowest BCUT2D eigenvalue weighted by atomic mass is 10.1. The van der Waals surface area contributed by atoms with Gasteiger partial charge in [-0.1, -0.05) is 29.0 Å². The van der Waals surface area contributed by atoms with E-state index in [4.69, 9.17) is 17.3 Å². The van der Waals surface area contributed by atoms with Crippen LogP contribution in [-0.4, -0.2) is 4.98 Å². The normalized spacial score (nSPS) is 10.4. The average molecular weight is 225 g/mol. The summed E-state index contributed by atoms with van der Waals surface area (Å²) < 4.78 is 0. The van der Waals surface area contributed by atoms with Crippen LogP contribution in [0.3, 0.4) is 0 Å². The van der Waals surface area contributed by atoms with Crippen LogP contribution in [0.15, 0.2) is 24.4 Å². The smallest absolute Gasteiger partial charge is 0.180 e. The zero-order valence-corrected chi connectivity index (χ0v) is 9.19. The van der Waals surface area contributed by atoms with Crippen molar-refractivity contribution in [1.82, 2.24) is 4.98 Å². The number of aromatic nitrogens is 1. The van der Waals surface area contributed by atoms with E-state index < -0.39 is 0 Å². The second kappa shape index (κ2) is 3.59. The van der Waals surface area contributed by atoms with Gasteiger partial charge in [0.25, 0.3) is 0 Å². The van der Waals surface area contributed by atoms with E-state index >= 15 is 0 Å². The number of hydrogen-bond acceptors (Lipinski definition) is 3. The van der Waals surface area contributed by atoms with Crippen molar-refractivity contribution < 1.29 is 0 Å². The highest BCUT2D eigenvalue weighted by molar-refractivity contribution is 7.18. The number of hydrogen-bond donors (Lipinski definition) is 1. The van der Waals surface area contributed by atoms with Crippen LogP contribution in [0.5, 0.6) is 0 Å². The molecule has 0 radical (unpaired) electrons. The highest BCUT2D eigenvalue weighted by Gasteiger charge is 2.03. The van der Waals surface area contributed by atoms with Crippen molar-refractivity contribution in [3.8, 4) is 10.4 Å². The molecule has 0 bridgehead atoms. The van der Waals surface area contributed by atoms with Crippen molar-refractivity contribution in [3.05, 3.63) is 35.0 Å². The largest absolute Gasteiger partial charge is 0.375 e. The van der Waals surface area contributed by atoms with Crippen LogP contribution in [-0.2, 0) is 0 Å². The molecule has 72 valence electrons. The summed E-state index contributed by atoms with van der Waals surface area (Å²) in [5.74, 6) is 0. The van der Waals surface area contributed by atoms with Gasteiger partial charge in [0.2, 0.25) is 0 Å². The van der Waals surface area contributed by atoms with Crippen LogP contribution in [0.25, 0.3) is 10.4 Å². The molecule has 0 saturated heterocycles. The fourth-order valence-corrected chi connectivity index (χ4v) is 2.26. The number of nitrogens with two attached hydrogens (primary N) is 1. The summed E-state index contributed by atoms with van der Waals surface area (Å²) in [5.41, 5.74) is 7.78. The van der Waals surface area contributed by atoms with Crippen molar-refractivity contribution in [2.45, 2.75) is 6.92 Å². The third kappa shape index (κ3) is 1.89. The first-order valence-electron chi connectivity index (χ1n) is 4.14. The molecule has 14 heavy (non-hydrogen) atoms. The molecule has 0 atom stereocenters. The van der Waals surface area contributed by atoms with Gasteiger partial charge in [-0.15, -0.1) is 0 Å². The zero-order chi connectivity index (χ0) is 10.1. The number of benzene rings is 1.